The molecular formula is C30H36F3N7O3. The fraction of sp³-hybridized carbons (Fsp3) is 0.367. The van der Waals surface area contributed by atoms with Crippen molar-refractivity contribution >= 4 is 17.9 Å². The minimum atomic E-state index is -4.72. The van der Waals surface area contributed by atoms with E-state index in [1.54, 1.807) is 6.07 Å². The highest BCUT2D eigenvalue weighted by atomic mass is 19.4. The molecule has 0 bridgehead atoms. The Morgan fingerprint density at radius 2 is 1.95 bits per heavy atom. The average Bonchev–Trinajstić information content (AvgIpc) is 3.38. The molecule has 0 spiro atoms. The van der Waals surface area contributed by atoms with Crippen LogP contribution in [0.5, 0.6) is 0 Å². The SMILES string of the molecule is Cc1cc2c(n1CCN(C=O)c1nccc(-c3cc(N/C(N)=C/C=C(\N)C(F)(F)F)c(=O)n(C)c3)c1CO)CC(C)(C)C2. The number of hydrogen-bond donors (Lipinski definition) is 4. The number of pyridine rings is 2. The van der Waals surface area contributed by atoms with Crippen LogP contribution >= 0.6 is 0 Å². The van der Waals surface area contributed by atoms with Crippen LogP contribution in [0.3, 0.4) is 0 Å². The third-order valence-electron chi connectivity index (χ3n) is 7.52. The Morgan fingerprint density at radius 3 is 2.60 bits per heavy atom. The molecule has 4 rings (SSSR count). The molecular weight excluding hydrogens is 563 g/mol. The van der Waals surface area contributed by atoms with Crippen molar-refractivity contribution in [2.75, 3.05) is 16.8 Å². The van der Waals surface area contributed by atoms with Crippen molar-refractivity contribution in [2.24, 2.45) is 23.9 Å². The first kappa shape index (κ1) is 31.4. The van der Waals surface area contributed by atoms with E-state index in [0.29, 0.717) is 42.3 Å². The van der Waals surface area contributed by atoms with Crippen LogP contribution in [0.1, 0.15) is 36.4 Å². The molecule has 3 heterocycles. The summed E-state index contributed by atoms with van der Waals surface area (Å²) in [4.78, 5) is 30.9. The zero-order valence-electron chi connectivity index (χ0n) is 24.5. The number of allylic oxidation sites excluding steroid dienone is 3. The molecule has 0 atom stereocenters. The maximum Gasteiger partial charge on any atom is 0.430 e. The Hall–Kier alpha value is -4.52. The predicted molar refractivity (Wildman–Crippen MR) is 159 cm³/mol. The van der Waals surface area contributed by atoms with E-state index in [-0.39, 0.29) is 22.7 Å². The third-order valence-corrected chi connectivity index (χ3v) is 7.52. The number of amides is 1. The molecule has 230 valence electrons. The van der Waals surface area contributed by atoms with Gasteiger partial charge in [0.1, 0.15) is 23.0 Å². The molecule has 0 aliphatic heterocycles. The predicted octanol–water partition coefficient (Wildman–Crippen LogP) is 3.45. The van der Waals surface area contributed by atoms with Crippen LogP contribution in [-0.2, 0) is 37.8 Å². The van der Waals surface area contributed by atoms with Gasteiger partial charge in [0.2, 0.25) is 6.41 Å². The van der Waals surface area contributed by atoms with Crippen molar-refractivity contribution in [3.05, 3.63) is 87.1 Å². The molecule has 13 heteroatoms. The number of aryl methyl sites for hydroxylation is 2. The lowest BCUT2D eigenvalue weighted by molar-refractivity contribution is -0.107. The molecule has 0 saturated heterocycles. The largest absolute Gasteiger partial charge is 0.430 e. The van der Waals surface area contributed by atoms with Crippen molar-refractivity contribution in [1.82, 2.24) is 14.1 Å². The lowest BCUT2D eigenvalue weighted by Crippen LogP contribution is -2.29. The quantitative estimate of drug-likeness (QED) is 0.206. The van der Waals surface area contributed by atoms with Gasteiger partial charge in [0.15, 0.2) is 0 Å². The summed E-state index contributed by atoms with van der Waals surface area (Å²) in [6.45, 7) is 6.91. The molecule has 0 aromatic carbocycles. The molecule has 43 heavy (non-hydrogen) atoms. The van der Waals surface area contributed by atoms with Crippen LogP contribution in [0.2, 0.25) is 0 Å². The van der Waals surface area contributed by atoms with Crippen molar-refractivity contribution in [3.63, 3.8) is 0 Å². The van der Waals surface area contributed by atoms with E-state index >= 15 is 0 Å². The van der Waals surface area contributed by atoms with Gasteiger partial charge in [-0.25, -0.2) is 4.98 Å². The van der Waals surface area contributed by atoms with Crippen LogP contribution in [0.15, 0.2) is 59.1 Å². The Balaban J connectivity index is 1.64. The summed E-state index contributed by atoms with van der Waals surface area (Å²) in [5.74, 6) is 0.0221. The first-order chi connectivity index (χ1) is 20.1. The second-order valence-electron chi connectivity index (χ2n) is 11.5. The molecule has 0 radical (unpaired) electrons. The molecule has 3 aromatic heterocycles. The Kier molecular flexibility index (Phi) is 8.76. The van der Waals surface area contributed by atoms with E-state index in [2.05, 4.69) is 34.8 Å². The number of nitrogens with one attached hydrogen (secondary N) is 1. The van der Waals surface area contributed by atoms with Gasteiger partial charge in [0.05, 0.1) is 6.61 Å². The number of nitrogens with two attached hydrogens (primary N) is 2. The van der Waals surface area contributed by atoms with Crippen molar-refractivity contribution in [3.8, 4) is 11.1 Å². The Morgan fingerprint density at radius 1 is 1.23 bits per heavy atom. The number of rotatable bonds is 10. The number of carbonyl (C=O) groups is 1. The number of carbonyl (C=O) groups excluding carboxylic acids is 1. The van der Waals surface area contributed by atoms with Crippen LogP contribution < -0.4 is 27.2 Å². The zero-order chi connectivity index (χ0) is 31.7. The maximum absolute atomic E-state index is 12.8. The number of aliphatic hydroxyl groups is 1. The second-order valence-corrected chi connectivity index (χ2v) is 11.5. The molecule has 1 amide bonds. The van der Waals surface area contributed by atoms with Gasteiger partial charge in [-0.3, -0.25) is 14.5 Å². The monoisotopic (exact) mass is 599 g/mol. The molecule has 1 aliphatic carbocycles. The first-order valence-electron chi connectivity index (χ1n) is 13.6. The summed E-state index contributed by atoms with van der Waals surface area (Å²) in [6, 6.07) is 5.29. The minimum Gasteiger partial charge on any atom is -0.395 e. The van der Waals surface area contributed by atoms with Gasteiger partial charge in [0, 0.05) is 55.0 Å². The number of aromatic nitrogens is 3. The van der Waals surface area contributed by atoms with Crippen molar-refractivity contribution < 1.29 is 23.1 Å². The summed E-state index contributed by atoms with van der Waals surface area (Å²) < 4.78 is 41.6. The topological polar surface area (TPSA) is 144 Å². The smallest absolute Gasteiger partial charge is 0.395 e. The number of hydrogen-bond acceptors (Lipinski definition) is 7. The molecule has 0 unspecified atom stereocenters. The standard InChI is InChI=1S/C30H36F3N7O3/c1-18-11-19-13-29(2,3)14-24(19)40(18)10-9-39(17-42)27-22(16-41)21(7-8-36-27)20-12-23(28(43)38(4)15-20)37-26(35)6-5-25(34)30(31,32)33/h5-8,11-12,15,17,37,41H,9-10,13-14,16,34-35H2,1-4H3/b25-5-,26-6+. The molecule has 0 saturated carbocycles. The van der Waals surface area contributed by atoms with E-state index in [0.717, 1.165) is 24.6 Å². The number of anilines is 2. The summed E-state index contributed by atoms with van der Waals surface area (Å²) in [6.07, 6.45) is 2.43. The van der Waals surface area contributed by atoms with E-state index in [1.165, 1.54) is 46.2 Å². The molecule has 10 nitrogen and oxygen atoms in total. The van der Waals surface area contributed by atoms with Crippen molar-refractivity contribution in [1.29, 1.82) is 0 Å². The average molecular weight is 600 g/mol. The van der Waals surface area contributed by atoms with Crippen LogP contribution in [0.4, 0.5) is 24.7 Å². The fourth-order valence-electron chi connectivity index (χ4n) is 5.50. The number of nitrogens with zero attached hydrogens (tertiary/aromatic N) is 4. The highest BCUT2D eigenvalue weighted by Crippen LogP contribution is 2.38. The van der Waals surface area contributed by atoms with Gasteiger partial charge in [-0.05, 0) is 66.7 Å². The van der Waals surface area contributed by atoms with E-state index < -0.39 is 24.0 Å². The van der Waals surface area contributed by atoms with Crippen molar-refractivity contribution in [2.45, 2.75) is 52.9 Å². The lowest BCUT2D eigenvalue weighted by atomic mass is 9.90. The Labute approximate surface area is 247 Å². The minimum absolute atomic E-state index is 0.0258. The number of fused-ring (bicyclic) bond motifs is 1. The molecule has 1 aliphatic rings. The number of alkyl halides is 3. The van der Waals surface area contributed by atoms with Crippen LogP contribution in [-0.4, -0.2) is 38.4 Å². The molecule has 6 N–H and O–H groups in total. The number of halogens is 3. The van der Waals surface area contributed by atoms with E-state index in [1.807, 2.05) is 6.92 Å². The van der Waals surface area contributed by atoms with Gasteiger partial charge in [-0.15, -0.1) is 0 Å². The molecule has 0 fully saturated rings. The van der Waals surface area contributed by atoms with E-state index in [4.69, 9.17) is 11.5 Å². The lowest BCUT2D eigenvalue weighted by Gasteiger charge is -2.23. The highest BCUT2D eigenvalue weighted by molar-refractivity contribution is 5.80. The maximum atomic E-state index is 12.8. The van der Waals surface area contributed by atoms with Gasteiger partial charge in [-0.1, -0.05) is 13.8 Å². The zero-order valence-corrected chi connectivity index (χ0v) is 24.5. The number of aliphatic hydroxyl groups excluding tert-OH is 1. The summed E-state index contributed by atoms with van der Waals surface area (Å²) in [5, 5.41) is 13.0. The normalized spacial score (nSPS) is 15.0. The second kappa shape index (κ2) is 12.0. The molecule has 3 aromatic rings. The van der Waals surface area contributed by atoms with Crippen LogP contribution in [0.25, 0.3) is 11.1 Å². The Bertz CT molecular complexity index is 1650. The van der Waals surface area contributed by atoms with Gasteiger partial charge in [-0.2, -0.15) is 13.2 Å². The highest BCUT2D eigenvalue weighted by Gasteiger charge is 2.32. The fourth-order valence-corrected chi connectivity index (χ4v) is 5.50. The van der Waals surface area contributed by atoms with Gasteiger partial charge < -0.3 is 31.0 Å². The van der Waals surface area contributed by atoms with E-state index in [9.17, 15) is 27.9 Å². The third kappa shape index (κ3) is 6.77. The summed E-state index contributed by atoms with van der Waals surface area (Å²) in [7, 11) is 1.50. The first-order valence-corrected chi connectivity index (χ1v) is 13.6. The summed E-state index contributed by atoms with van der Waals surface area (Å²) >= 11 is 0. The van der Waals surface area contributed by atoms with Crippen LogP contribution in [0, 0.1) is 12.3 Å². The van der Waals surface area contributed by atoms with Gasteiger partial charge >= 0.3 is 6.18 Å². The summed E-state index contributed by atoms with van der Waals surface area (Å²) in [5.41, 5.74) is 14.2. The van der Waals surface area contributed by atoms with Gasteiger partial charge in [0.25, 0.3) is 5.56 Å².